The smallest absolute Gasteiger partial charge is 0.335 e. The first-order chi connectivity index (χ1) is 14.5. The summed E-state index contributed by atoms with van der Waals surface area (Å²) in [6, 6.07) is 3.99. The van der Waals surface area contributed by atoms with Crippen molar-refractivity contribution in [1.29, 1.82) is 0 Å². The third-order valence-electron chi connectivity index (χ3n) is 7.31. The van der Waals surface area contributed by atoms with Gasteiger partial charge in [-0.05, 0) is 51.1 Å². The number of carbonyl (C=O) groups excluding carboxylic acids is 1. The molecule has 1 saturated heterocycles. The molecule has 2 heterocycles. The fourth-order valence-electron chi connectivity index (χ4n) is 5.98. The molecule has 0 amide bonds. The van der Waals surface area contributed by atoms with Crippen molar-refractivity contribution in [3.05, 3.63) is 59.4 Å². The number of hydrogen-bond acceptors (Lipinski definition) is 6. The molecule has 0 saturated carbocycles. The van der Waals surface area contributed by atoms with Crippen LogP contribution in [0.4, 0.5) is 0 Å². The number of aliphatic hydroxyl groups is 1. The number of methoxy groups -OCH3 is 1. The zero-order valence-electron chi connectivity index (χ0n) is 17.6. The number of carbonyl (C=O) groups is 1. The van der Waals surface area contributed by atoms with Gasteiger partial charge in [0, 0.05) is 24.1 Å². The Bertz CT molecular complexity index is 996. The zero-order valence-corrected chi connectivity index (χ0v) is 17.6. The van der Waals surface area contributed by atoms with Crippen LogP contribution in [0.3, 0.4) is 0 Å². The maximum Gasteiger partial charge on any atom is 0.335 e. The molecule has 6 nitrogen and oxygen atoms in total. The molecule has 2 bridgehead atoms. The molecule has 1 fully saturated rings. The van der Waals surface area contributed by atoms with Crippen LogP contribution in [0.1, 0.15) is 30.9 Å². The minimum absolute atomic E-state index is 0.0210. The van der Waals surface area contributed by atoms with E-state index in [2.05, 4.69) is 18.0 Å². The monoisotopic (exact) mass is 409 g/mol. The van der Waals surface area contributed by atoms with Gasteiger partial charge in [-0.1, -0.05) is 24.3 Å². The average molecular weight is 409 g/mol. The average Bonchev–Trinajstić information content (AvgIpc) is 3.08. The lowest BCUT2D eigenvalue weighted by Gasteiger charge is -2.61. The summed E-state index contributed by atoms with van der Waals surface area (Å²) in [7, 11) is 3.69. The highest BCUT2D eigenvalue weighted by Gasteiger charge is 2.72. The van der Waals surface area contributed by atoms with Crippen LogP contribution in [0.15, 0.2) is 48.3 Å². The van der Waals surface area contributed by atoms with E-state index >= 15 is 0 Å². The number of benzene rings is 1. The summed E-state index contributed by atoms with van der Waals surface area (Å²) in [6.07, 6.45) is 9.83. The van der Waals surface area contributed by atoms with E-state index in [1.54, 1.807) is 19.3 Å². The Kier molecular flexibility index (Phi) is 4.35. The molecule has 1 aromatic carbocycles. The largest absolute Gasteiger partial charge is 0.493 e. The number of esters is 1. The number of ether oxygens (including phenoxy) is 3. The van der Waals surface area contributed by atoms with Gasteiger partial charge in [-0.25, -0.2) is 4.79 Å². The number of piperidine rings is 1. The molecule has 158 valence electrons. The third-order valence-corrected chi connectivity index (χ3v) is 7.31. The molecule has 2 aliphatic heterocycles. The van der Waals surface area contributed by atoms with Gasteiger partial charge in [-0.2, -0.15) is 0 Å². The quantitative estimate of drug-likeness (QED) is 0.469. The Morgan fingerprint density at radius 1 is 1.37 bits per heavy atom. The molecule has 0 aromatic heterocycles. The molecular weight excluding hydrogens is 382 g/mol. The lowest BCUT2D eigenvalue weighted by Crippen LogP contribution is -2.74. The summed E-state index contributed by atoms with van der Waals surface area (Å²) in [5.74, 6) is 1.35. The Morgan fingerprint density at radius 2 is 2.20 bits per heavy atom. The highest BCUT2D eigenvalue weighted by atomic mass is 16.6. The zero-order chi connectivity index (χ0) is 21.1. The molecule has 30 heavy (non-hydrogen) atoms. The van der Waals surface area contributed by atoms with Crippen molar-refractivity contribution in [2.45, 2.75) is 49.3 Å². The highest BCUT2D eigenvalue weighted by molar-refractivity contribution is 5.83. The van der Waals surface area contributed by atoms with Crippen LogP contribution in [0.5, 0.6) is 11.5 Å². The summed E-state index contributed by atoms with van der Waals surface area (Å²) in [5.41, 5.74) is 0.560. The topological polar surface area (TPSA) is 68.2 Å². The van der Waals surface area contributed by atoms with E-state index in [4.69, 9.17) is 14.2 Å². The first-order valence-corrected chi connectivity index (χ1v) is 10.5. The second-order valence-electron chi connectivity index (χ2n) is 8.59. The summed E-state index contributed by atoms with van der Waals surface area (Å²) in [4.78, 5) is 14.6. The van der Waals surface area contributed by atoms with Crippen LogP contribution in [0, 0.1) is 0 Å². The molecule has 2 aliphatic carbocycles. The van der Waals surface area contributed by atoms with E-state index in [-0.39, 0.29) is 6.04 Å². The van der Waals surface area contributed by atoms with Crippen LogP contribution in [-0.4, -0.2) is 54.4 Å². The van der Waals surface area contributed by atoms with Gasteiger partial charge in [-0.3, -0.25) is 0 Å². The summed E-state index contributed by atoms with van der Waals surface area (Å²) in [5, 5.41) is 12.1. The van der Waals surface area contributed by atoms with E-state index < -0.39 is 23.1 Å². The Balaban J connectivity index is 1.63. The molecule has 4 aliphatic rings. The maximum absolute atomic E-state index is 12.4. The molecular formula is C24H27NO5. The fourth-order valence-corrected chi connectivity index (χ4v) is 5.98. The summed E-state index contributed by atoms with van der Waals surface area (Å²) < 4.78 is 17.8. The highest BCUT2D eigenvalue weighted by Crippen LogP contribution is 2.65. The molecule has 4 unspecified atom stereocenters. The van der Waals surface area contributed by atoms with Crippen molar-refractivity contribution >= 4 is 5.97 Å². The number of allylic oxidation sites excluding steroid dienone is 3. The van der Waals surface area contributed by atoms with Gasteiger partial charge in [0.05, 0.1) is 18.1 Å². The minimum Gasteiger partial charge on any atom is -0.493 e. The van der Waals surface area contributed by atoms with Crippen molar-refractivity contribution in [1.82, 2.24) is 4.90 Å². The molecule has 1 aromatic rings. The van der Waals surface area contributed by atoms with Crippen LogP contribution >= 0.6 is 0 Å². The van der Waals surface area contributed by atoms with Crippen molar-refractivity contribution < 1.29 is 24.1 Å². The number of likely N-dealkylation sites (N-methyl/N-ethyl adjacent to an activating group) is 1. The number of likely N-dealkylation sites (tertiary alicyclic amines) is 1. The molecule has 5 rings (SSSR count). The van der Waals surface area contributed by atoms with Gasteiger partial charge in [-0.15, -0.1) is 0 Å². The van der Waals surface area contributed by atoms with Crippen molar-refractivity contribution in [2.75, 3.05) is 20.7 Å². The predicted octanol–water partition coefficient (Wildman–Crippen LogP) is 2.65. The van der Waals surface area contributed by atoms with E-state index in [0.717, 1.165) is 24.9 Å². The first kappa shape index (κ1) is 19.4. The third kappa shape index (κ3) is 2.35. The van der Waals surface area contributed by atoms with E-state index in [0.29, 0.717) is 23.7 Å². The maximum atomic E-state index is 12.4. The minimum atomic E-state index is -0.994. The van der Waals surface area contributed by atoms with Gasteiger partial charge in [0.1, 0.15) is 5.76 Å². The van der Waals surface area contributed by atoms with Crippen molar-refractivity contribution in [3.63, 3.8) is 0 Å². The van der Waals surface area contributed by atoms with E-state index in [1.165, 1.54) is 11.6 Å². The molecule has 1 spiro atoms. The normalized spacial score (nSPS) is 33.9. The van der Waals surface area contributed by atoms with Gasteiger partial charge in [0.15, 0.2) is 17.6 Å². The molecule has 0 radical (unpaired) electrons. The van der Waals surface area contributed by atoms with Crippen LogP contribution in [0.25, 0.3) is 0 Å². The standard InChI is InChI=1S/C24H27NO5/c1-4-5-6-7-19(26)29-17-10-11-24(27)18-14-15-8-9-16(28-3)21-20(15)23(24,22(17)30-21)12-13-25(18)2/h4-10,18,22,27H,11-14H2,1-3H3. The van der Waals surface area contributed by atoms with Crippen molar-refractivity contribution in [2.24, 2.45) is 0 Å². The number of nitrogens with zero attached hydrogens (tertiary/aromatic N) is 1. The Labute approximate surface area is 176 Å². The number of rotatable bonds is 4. The van der Waals surface area contributed by atoms with Gasteiger partial charge >= 0.3 is 5.97 Å². The summed E-state index contributed by atoms with van der Waals surface area (Å²) in [6.45, 7) is 2.72. The lowest BCUT2D eigenvalue weighted by molar-refractivity contribution is -0.168. The molecule has 4 atom stereocenters. The SMILES string of the molecule is CC=CC=CC(=O)OC1=CCC2(O)C3Cc4ccc(OC)c5c4C2(CCN3C)C1O5. The van der Waals surface area contributed by atoms with Gasteiger partial charge in [0.2, 0.25) is 0 Å². The molecule has 1 N–H and O–H groups in total. The predicted molar refractivity (Wildman–Crippen MR) is 112 cm³/mol. The van der Waals surface area contributed by atoms with Crippen LogP contribution < -0.4 is 9.47 Å². The molecule has 6 heteroatoms. The van der Waals surface area contributed by atoms with Crippen LogP contribution in [-0.2, 0) is 21.4 Å². The second kappa shape index (κ2) is 6.72. The van der Waals surface area contributed by atoms with Gasteiger partial charge < -0.3 is 24.2 Å². The second-order valence-corrected chi connectivity index (χ2v) is 8.59. The van der Waals surface area contributed by atoms with Gasteiger partial charge in [0.25, 0.3) is 0 Å². The summed E-state index contributed by atoms with van der Waals surface area (Å²) >= 11 is 0. The number of hydrogen-bond donors (Lipinski definition) is 1. The first-order valence-electron chi connectivity index (χ1n) is 10.5. The fraction of sp³-hybridized carbons (Fsp3) is 0.458. The Hall–Kier alpha value is -2.57. The van der Waals surface area contributed by atoms with E-state index in [1.807, 2.05) is 25.1 Å². The van der Waals surface area contributed by atoms with Crippen LogP contribution in [0.2, 0.25) is 0 Å². The Morgan fingerprint density at radius 3 is 2.97 bits per heavy atom. The van der Waals surface area contributed by atoms with Crippen molar-refractivity contribution in [3.8, 4) is 11.5 Å². The van der Waals surface area contributed by atoms with E-state index in [9.17, 15) is 9.90 Å². The lowest BCUT2D eigenvalue weighted by atomic mass is 9.50.